The summed E-state index contributed by atoms with van der Waals surface area (Å²) in [4.78, 5) is 29.4. The zero-order chi connectivity index (χ0) is 6.08. The molecule has 0 saturated heterocycles. The van der Waals surface area contributed by atoms with Crippen molar-refractivity contribution in [2.45, 2.75) is 0 Å². The van der Waals surface area contributed by atoms with Gasteiger partial charge in [-0.05, 0) is 12.5 Å². The fraction of sp³-hybridized carbons (Fsp3) is 1.00. The van der Waals surface area contributed by atoms with Gasteiger partial charge in [0.2, 0.25) is 0 Å². The smallest absolute Gasteiger partial charge is 0.848 e. The van der Waals surface area contributed by atoms with Crippen molar-refractivity contribution in [3.8, 4) is 0 Å². The van der Waals surface area contributed by atoms with Crippen LogP contribution in [0.4, 0.5) is 0 Å². The Bertz CT molecular complexity index is 111. The first-order chi connectivity index (χ1) is 2.94. The second-order valence-corrected chi connectivity index (χ2v) is 7.19. The fourth-order valence-corrected chi connectivity index (χ4v) is 0. The van der Waals surface area contributed by atoms with Gasteiger partial charge in [-0.1, -0.05) is 0 Å². The molecular weight excluding hydrogens is 204 g/mol. The van der Waals surface area contributed by atoms with Gasteiger partial charge in [0.25, 0.3) is 0 Å². The molecule has 0 rings (SSSR count). The Morgan fingerprint density at radius 2 is 1.00 bits per heavy atom. The molecule has 0 unspecified atom stereocenters. The van der Waals surface area contributed by atoms with E-state index in [0.717, 1.165) is 0 Å². The summed E-state index contributed by atoms with van der Waals surface area (Å²) >= 11 is 0. The zero-order valence-electron chi connectivity index (χ0n) is 7.08. The van der Waals surface area contributed by atoms with Gasteiger partial charge in [-0.15, -0.1) is 0 Å². The summed E-state index contributed by atoms with van der Waals surface area (Å²) in [6.45, 7) is -4.21. The molecule has 0 aromatic carbocycles. The topological polar surface area (TPSA) is 69.2 Å². The Morgan fingerprint density at radius 3 is 1.00 bits per heavy atom. The molecule has 8 heteroatoms. The molecule has 0 heterocycles. The SMILES string of the molecule is CS(C)=P([O-])([O-])[O-].[Na+].[Na+].[Na+]. The fourth-order valence-electron chi connectivity index (χ4n) is 0. The van der Waals surface area contributed by atoms with Gasteiger partial charge in [0, 0.05) is 0 Å². The molecule has 0 radical (unpaired) electrons. The summed E-state index contributed by atoms with van der Waals surface area (Å²) in [6.07, 6.45) is 2.78. The van der Waals surface area contributed by atoms with E-state index in [1.165, 1.54) is 12.5 Å². The third-order valence-corrected chi connectivity index (χ3v) is 4.02. The van der Waals surface area contributed by atoms with Crippen LogP contribution in [0.2, 0.25) is 0 Å². The molecule has 0 fully saturated rings. The molecule has 0 bridgehead atoms. The van der Waals surface area contributed by atoms with Crippen molar-refractivity contribution < 1.29 is 103 Å². The number of hydrogen-bond donors (Lipinski definition) is 0. The maximum absolute atomic E-state index is 9.82. The van der Waals surface area contributed by atoms with Gasteiger partial charge < -0.3 is 21.4 Å². The van der Waals surface area contributed by atoms with E-state index in [2.05, 4.69) is 0 Å². The summed E-state index contributed by atoms with van der Waals surface area (Å²) in [5.74, 6) is 0. The van der Waals surface area contributed by atoms with Crippen LogP contribution in [0, 0.1) is 0 Å². The molecule has 3 nitrogen and oxygen atoms in total. The molecule has 10 heavy (non-hydrogen) atoms. The van der Waals surface area contributed by atoms with Crippen LogP contribution in [0.15, 0.2) is 0 Å². The molecule has 0 aromatic heterocycles. The predicted molar refractivity (Wildman–Crippen MR) is 26.1 cm³/mol. The van der Waals surface area contributed by atoms with Gasteiger partial charge in [-0.2, -0.15) is 0 Å². The Hall–Kier alpha value is 3.66. The van der Waals surface area contributed by atoms with Crippen molar-refractivity contribution in [1.82, 2.24) is 0 Å². The second-order valence-electron chi connectivity index (χ2n) is 1.22. The van der Waals surface area contributed by atoms with E-state index in [4.69, 9.17) is 0 Å². The first kappa shape index (κ1) is 23.5. The van der Waals surface area contributed by atoms with Crippen molar-refractivity contribution in [1.29, 1.82) is 0 Å². The molecule has 0 aromatic rings. The average molecular weight is 210 g/mol. The minimum atomic E-state index is -4.21. The van der Waals surface area contributed by atoms with Crippen LogP contribution in [0.1, 0.15) is 0 Å². The molecule has 0 atom stereocenters. The summed E-state index contributed by atoms with van der Waals surface area (Å²) in [6, 6.07) is 0. The third-order valence-electron chi connectivity index (χ3n) is 0.447. The van der Waals surface area contributed by atoms with Crippen molar-refractivity contribution in [3.05, 3.63) is 0 Å². The van der Waals surface area contributed by atoms with E-state index < -0.39 is 16.8 Å². The Kier molecular flexibility index (Phi) is 25.2. The molecule has 0 N–H and O–H groups in total. The maximum atomic E-state index is 9.82. The molecule has 0 aliphatic rings. The van der Waals surface area contributed by atoms with Gasteiger partial charge in [-0.3, -0.25) is 0 Å². The molecule has 0 aliphatic carbocycles. The van der Waals surface area contributed by atoms with E-state index in [1.54, 1.807) is 0 Å². The molecule has 0 spiro atoms. The van der Waals surface area contributed by atoms with Gasteiger partial charge in [0.15, 0.2) is 0 Å². The monoisotopic (exact) mass is 210 g/mol. The summed E-state index contributed by atoms with van der Waals surface area (Å²) in [5.41, 5.74) is 0. The van der Waals surface area contributed by atoms with Gasteiger partial charge in [-0.25, -0.2) is 10.1 Å². The van der Waals surface area contributed by atoms with Gasteiger partial charge in [0.05, 0.1) is 0 Å². The first-order valence-electron chi connectivity index (χ1n) is 1.55. The van der Waals surface area contributed by atoms with Crippen LogP contribution < -0.4 is 103 Å². The van der Waals surface area contributed by atoms with E-state index in [-0.39, 0.29) is 88.7 Å². The first-order valence-corrected chi connectivity index (χ1v) is 5.74. The van der Waals surface area contributed by atoms with Crippen LogP contribution in [0.5, 0.6) is 0 Å². The Balaban J connectivity index is -0.0000000600. The third kappa shape index (κ3) is 14.2. The van der Waals surface area contributed by atoms with Crippen LogP contribution in [-0.4, -0.2) is 12.5 Å². The van der Waals surface area contributed by atoms with E-state index in [9.17, 15) is 14.7 Å². The second kappa shape index (κ2) is 10.7. The predicted octanol–water partition coefficient (Wildman–Crippen LogP) is -11.4. The zero-order valence-corrected chi connectivity index (χ0v) is 14.8. The molecule has 0 saturated carbocycles. The van der Waals surface area contributed by atoms with Crippen molar-refractivity contribution in [3.63, 3.8) is 0 Å². The molecule has 46 valence electrons. The normalized spacial score (nSPS) is 9.00. The summed E-state index contributed by atoms with van der Waals surface area (Å²) in [7, 11) is -0.988. The van der Waals surface area contributed by atoms with Crippen LogP contribution in [0.25, 0.3) is 0 Å². The van der Waals surface area contributed by atoms with Crippen LogP contribution >= 0.6 is 6.72 Å². The maximum Gasteiger partial charge on any atom is 1.00 e. The van der Waals surface area contributed by atoms with Crippen molar-refractivity contribution >= 4 is 16.8 Å². The average Bonchev–Trinajstić information content (AvgIpc) is 1.31. The van der Waals surface area contributed by atoms with E-state index in [1.807, 2.05) is 0 Å². The minimum absolute atomic E-state index is 0. The van der Waals surface area contributed by atoms with Crippen molar-refractivity contribution in [2.75, 3.05) is 12.5 Å². The molecule has 0 amide bonds. The molecule has 0 aliphatic heterocycles. The summed E-state index contributed by atoms with van der Waals surface area (Å²) < 4.78 is 0. The molecular formula is C2H6Na3O3PS. The largest absolute Gasteiger partial charge is 1.00 e. The summed E-state index contributed by atoms with van der Waals surface area (Å²) in [5, 5.41) is 0. The van der Waals surface area contributed by atoms with E-state index >= 15 is 0 Å². The van der Waals surface area contributed by atoms with E-state index in [0.29, 0.717) is 0 Å². The standard InChI is InChI=1S/C2H6O3PS.3Na/c1-7(2)6(3,4)5;;;/h1-2H3;;;/q-3;3*+1. The van der Waals surface area contributed by atoms with Crippen molar-refractivity contribution in [2.24, 2.45) is 0 Å². The minimum Gasteiger partial charge on any atom is -0.848 e. The number of rotatable bonds is 0. The van der Waals surface area contributed by atoms with Gasteiger partial charge in [0.1, 0.15) is 0 Å². The Labute approximate surface area is 130 Å². The van der Waals surface area contributed by atoms with Gasteiger partial charge >= 0.3 is 88.7 Å². The number of hydrogen-bond acceptors (Lipinski definition) is 3. The van der Waals surface area contributed by atoms with Crippen LogP contribution in [-0.2, 0) is 10.1 Å². The quantitative estimate of drug-likeness (QED) is 0.294. The Morgan fingerprint density at radius 1 is 0.900 bits per heavy atom. The van der Waals surface area contributed by atoms with Crippen LogP contribution in [0.3, 0.4) is 0 Å².